The smallest absolute Gasteiger partial charge is 0.204 e. The Kier molecular flexibility index (Phi) is 3.56. The van der Waals surface area contributed by atoms with Crippen molar-refractivity contribution in [3.05, 3.63) is 66.7 Å². The Hall–Kier alpha value is -3.68. The quantitative estimate of drug-likeness (QED) is 0.412. The summed E-state index contributed by atoms with van der Waals surface area (Å²) < 4.78 is 1.87. The molecule has 9 rings (SSSR count). The molecular formula is C26H24N8. The van der Waals surface area contributed by atoms with E-state index in [0.717, 1.165) is 60.0 Å². The second-order valence-electron chi connectivity index (χ2n) is 10.7. The Morgan fingerprint density at radius 1 is 0.853 bits per heavy atom. The molecule has 0 saturated heterocycles. The summed E-state index contributed by atoms with van der Waals surface area (Å²) in [7, 11) is 0. The van der Waals surface area contributed by atoms with Crippen LogP contribution in [0.15, 0.2) is 60.9 Å². The molecule has 3 aromatic heterocycles. The van der Waals surface area contributed by atoms with Crippen molar-refractivity contribution in [3.8, 4) is 11.4 Å². The molecule has 8 nitrogen and oxygen atoms in total. The van der Waals surface area contributed by atoms with Crippen molar-refractivity contribution < 1.29 is 0 Å². The molecule has 4 atom stereocenters. The Morgan fingerprint density at radius 3 is 2.50 bits per heavy atom. The van der Waals surface area contributed by atoms with Gasteiger partial charge in [-0.1, -0.05) is 42.5 Å². The second-order valence-corrected chi connectivity index (χ2v) is 10.7. The Morgan fingerprint density at radius 2 is 1.65 bits per heavy atom. The summed E-state index contributed by atoms with van der Waals surface area (Å²) in [6, 6.07) is 18.3. The summed E-state index contributed by atoms with van der Waals surface area (Å²) in [5.74, 6) is 2.96. The van der Waals surface area contributed by atoms with Gasteiger partial charge in [0, 0.05) is 16.4 Å². The van der Waals surface area contributed by atoms with Gasteiger partial charge in [0.25, 0.3) is 0 Å². The minimum Gasteiger partial charge on any atom is -0.236 e. The van der Waals surface area contributed by atoms with Gasteiger partial charge < -0.3 is 0 Å². The number of hydrogen-bond acceptors (Lipinski definition) is 6. The maximum atomic E-state index is 5.15. The highest BCUT2D eigenvalue weighted by molar-refractivity contribution is 5.90. The number of rotatable bonds is 3. The van der Waals surface area contributed by atoms with E-state index in [9.17, 15) is 0 Å². The van der Waals surface area contributed by atoms with E-state index in [-0.39, 0.29) is 11.0 Å². The molecule has 4 aliphatic rings. The van der Waals surface area contributed by atoms with Crippen molar-refractivity contribution in [1.29, 1.82) is 0 Å². The van der Waals surface area contributed by atoms with Crippen LogP contribution < -0.4 is 0 Å². The van der Waals surface area contributed by atoms with Gasteiger partial charge in [0.2, 0.25) is 5.82 Å². The van der Waals surface area contributed by atoms with Crippen LogP contribution in [0.2, 0.25) is 0 Å². The number of fused-ring (bicyclic) bond motifs is 3. The van der Waals surface area contributed by atoms with E-state index >= 15 is 0 Å². The zero-order valence-corrected chi connectivity index (χ0v) is 18.7. The van der Waals surface area contributed by atoms with Crippen LogP contribution in [0.3, 0.4) is 0 Å². The van der Waals surface area contributed by atoms with Crippen molar-refractivity contribution in [1.82, 2.24) is 39.8 Å². The van der Waals surface area contributed by atoms with Crippen LogP contribution in [0, 0.1) is 11.8 Å². The minimum absolute atomic E-state index is 0.0439. The Balaban J connectivity index is 1.24. The van der Waals surface area contributed by atoms with Crippen LogP contribution in [-0.2, 0) is 11.0 Å². The SMILES string of the molecule is c1ccc(-c2nnn(C34C[C@@H]5C[C@@H](CC(c6nc7c8ccccc8ncn7n6)(C5)C3)C4)n2)cc1. The third-order valence-corrected chi connectivity index (χ3v) is 8.46. The lowest BCUT2D eigenvalue weighted by atomic mass is 9.46. The molecule has 3 heterocycles. The van der Waals surface area contributed by atoms with Gasteiger partial charge in [-0.05, 0) is 67.7 Å². The third kappa shape index (κ3) is 2.53. The fraction of sp³-hybridized carbons (Fsp3) is 0.385. The van der Waals surface area contributed by atoms with E-state index in [2.05, 4.69) is 21.4 Å². The van der Waals surface area contributed by atoms with Crippen LogP contribution in [0.1, 0.15) is 44.3 Å². The molecule has 0 spiro atoms. The number of para-hydroxylation sites is 1. The zero-order chi connectivity index (χ0) is 22.3. The standard InChI is InChI=1S/C26H24N8/c1-2-6-19(7-3-1)22-29-32-34(30-22)26-13-17-10-18(14-26)12-25(11-17,15-26)24-28-23-20-8-4-5-9-21(20)27-16-33(23)31-24/h1-9,16-18H,10-15H2/t17-,18+,25?,26?. The van der Waals surface area contributed by atoms with E-state index < -0.39 is 0 Å². The average molecular weight is 449 g/mol. The number of benzene rings is 2. The van der Waals surface area contributed by atoms with E-state index in [4.69, 9.17) is 15.2 Å². The molecule has 34 heavy (non-hydrogen) atoms. The van der Waals surface area contributed by atoms with E-state index in [1.54, 1.807) is 6.33 Å². The van der Waals surface area contributed by atoms with Crippen molar-refractivity contribution in [2.24, 2.45) is 11.8 Å². The number of nitrogens with zero attached hydrogens (tertiary/aromatic N) is 8. The Bertz CT molecular complexity index is 1540. The molecular weight excluding hydrogens is 424 g/mol. The normalized spacial score (nSPS) is 29.9. The molecule has 168 valence electrons. The molecule has 0 radical (unpaired) electrons. The van der Waals surface area contributed by atoms with Crippen LogP contribution in [0.4, 0.5) is 0 Å². The molecule has 0 aliphatic heterocycles. The summed E-state index contributed by atoms with van der Waals surface area (Å²) in [6.45, 7) is 0. The van der Waals surface area contributed by atoms with Crippen LogP contribution >= 0.6 is 0 Å². The first-order chi connectivity index (χ1) is 16.7. The van der Waals surface area contributed by atoms with Crippen molar-refractivity contribution >= 4 is 16.6 Å². The molecule has 0 amide bonds. The highest BCUT2D eigenvalue weighted by Gasteiger charge is 2.61. The first-order valence-electron chi connectivity index (χ1n) is 12.2. The third-order valence-electron chi connectivity index (χ3n) is 8.46. The monoisotopic (exact) mass is 448 g/mol. The summed E-state index contributed by atoms with van der Waals surface area (Å²) in [4.78, 5) is 11.7. The summed E-state index contributed by atoms with van der Waals surface area (Å²) in [6.07, 6.45) is 8.60. The van der Waals surface area contributed by atoms with Gasteiger partial charge in [0.1, 0.15) is 6.33 Å². The second kappa shape index (κ2) is 6.46. The predicted molar refractivity (Wildman–Crippen MR) is 126 cm³/mol. The number of aromatic nitrogens is 8. The first kappa shape index (κ1) is 18.7. The Labute approximate surface area is 196 Å². The molecule has 4 saturated carbocycles. The van der Waals surface area contributed by atoms with Gasteiger partial charge in [0.15, 0.2) is 11.5 Å². The summed E-state index contributed by atoms with van der Waals surface area (Å²) in [5, 5.41) is 20.0. The fourth-order valence-corrected chi connectivity index (χ4v) is 7.53. The van der Waals surface area contributed by atoms with E-state index in [0.29, 0.717) is 17.7 Å². The minimum atomic E-state index is -0.109. The van der Waals surface area contributed by atoms with Crippen LogP contribution in [0.25, 0.3) is 27.9 Å². The fourth-order valence-electron chi connectivity index (χ4n) is 7.53. The molecule has 4 aliphatic carbocycles. The van der Waals surface area contributed by atoms with Gasteiger partial charge >= 0.3 is 0 Å². The topological polar surface area (TPSA) is 86.7 Å². The average Bonchev–Trinajstić information content (AvgIpc) is 3.53. The first-order valence-corrected chi connectivity index (χ1v) is 12.2. The van der Waals surface area contributed by atoms with Gasteiger partial charge in [-0.25, -0.2) is 14.5 Å². The van der Waals surface area contributed by atoms with Crippen molar-refractivity contribution in [2.75, 3.05) is 0 Å². The summed E-state index contributed by atoms with van der Waals surface area (Å²) in [5.41, 5.74) is 2.71. The highest BCUT2D eigenvalue weighted by Crippen LogP contribution is 2.64. The molecule has 0 N–H and O–H groups in total. The zero-order valence-electron chi connectivity index (χ0n) is 18.7. The maximum Gasteiger partial charge on any atom is 0.204 e. The predicted octanol–water partition coefficient (Wildman–Crippen LogP) is 4.18. The number of hydrogen-bond donors (Lipinski definition) is 0. The van der Waals surface area contributed by atoms with Gasteiger partial charge in [-0.2, -0.15) is 4.80 Å². The maximum absolute atomic E-state index is 5.15. The lowest BCUT2D eigenvalue weighted by Crippen LogP contribution is -2.59. The molecule has 2 aromatic carbocycles. The van der Waals surface area contributed by atoms with E-state index in [1.807, 2.05) is 57.8 Å². The lowest BCUT2D eigenvalue weighted by molar-refractivity contribution is -0.0784. The molecule has 8 heteroatoms. The summed E-state index contributed by atoms with van der Waals surface area (Å²) >= 11 is 0. The number of tetrazole rings is 1. The lowest BCUT2D eigenvalue weighted by Gasteiger charge is -2.60. The van der Waals surface area contributed by atoms with Gasteiger partial charge in [-0.15, -0.1) is 15.3 Å². The molecule has 2 unspecified atom stereocenters. The van der Waals surface area contributed by atoms with Crippen molar-refractivity contribution in [2.45, 2.75) is 49.5 Å². The molecule has 4 fully saturated rings. The highest BCUT2D eigenvalue weighted by atomic mass is 15.6. The van der Waals surface area contributed by atoms with Crippen LogP contribution in [0.5, 0.6) is 0 Å². The molecule has 4 bridgehead atoms. The molecule has 5 aromatic rings. The van der Waals surface area contributed by atoms with Crippen LogP contribution in [-0.4, -0.2) is 39.8 Å². The van der Waals surface area contributed by atoms with Gasteiger partial charge in [0.05, 0.1) is 11.1 Å². The van der Waals surface area contributed by atoms with Gasteiger partial charge in [-0.3, -0.25) is 0 Å². The largest absolute Gasteiger partial charge is 0.236 e. The van der Waals surface area contributed by atoms with E-state index in [1.165, 1.54) is 6.42 Å². The van der Waals surface area contributed by atoms with Crippen molar-refractivity contribution in [3.63, 3.8) is 0 Å².